The molecule has 0 radical (unpaired) electrons. The third kappa shape index (κ3) is 1.30. The molecule has 0 amide bonds. The number of rotatable bonds is 3. The SMILES string of the molecule is COC1(OC)C(=O)C[C@]2(C(C)C)C=C[C@H]1O2. The smallest absolute Gasteiger partial charge is 0.259 e. The summed E-state index contributed by atoms with van der Waals surface area (Å²) in [5.41, 5.74) is -0.470. The lowest BCUT2D eigenvalue weighted by molar-refractivity contribution is -0.275. The third-order valence-electron chi connectivity index (χ3n) is 3.68. The molecular formula is C12H18O4. The van der Waals surface area contributed by atoms with E-state index in [4.69, 9.17) is 14.2 Å². The van der Waals surface area contributed by atoms with Gasteiger partial charge in [-0.3, -0.25) is 4.79 Å². The zero-order valence-corrected chi connectivity index (χ0v) is 10.1. The highest BCUT2D eigenvalue weighted by Crippen LogP contribution is 2.45. The molecule has 0 aliphatic carbocycles. The first-order valence-corrected chi connectivity index (χ1v) is 5.51. The number of carbonyl (C=O) groups excluding carboxylic acids is 1. The van der Waals surface area contributed by atoms with E-state index < -0.39 is 17.5 Å². The van der Waals surface area contributed by atoms with Gasteiger partial charge in [-0.2, -0.15) is 0 Å². The van der Waals surface area contributed by atoms with Crippen molar-refractivity contribution in [1.82, 2.24) is 0 Å². The van der Waals surface area contributed by atoms with E-state index in [0.29, 0.717) is 6.42 Å². The molecule has 4 heteroatoms. The van der Waals surface area contributed by atoms with Crippen molar-refractivity contribution in [3.05, 3.63) is 12.2 Å². The second kappa shape index (κ2) is 3.65. The lowest BCUT2D eigenvalue weighted by Crippen LogP contribution is -2.60. The van der Waals surface area contributed by atoms with Gasteiger partial charge in [-0.05, 0) is 5.92 Å². The molecule has 2 bridgehead atoms. The average molecular weight is 226 g/mol. The van der Waals surface area contributed by atoms with Crippen LogP contribution < -0.4 is 0 Å². The van der Waals surface area contributed by atoms with Crippen LogP contribution in [0.2, 0.25) is 0 Å². The number of hydrogen-bond acceptors (Lipinski definition) is 4. The Kier molecular flexibility index (Phi) is 2.69. The van der Waals surface area contributed by atoms with Crippen molar-refractivity contribution in [2.75, 3.05) is 14.2 Å². The molecule has 0 unspecified atom stereocenters. The van der Waals surface area contributed by atoms with E-state index in [-0.39, 0.29) is 11.7 Å². The maximum Gasteiger partial charge on any atom is 0.259 e. The molecule has 2 rings (SSSR count). The minimum atomic E-state index is -1.26. The number of fused-ring (bicyclic) bond motifs is 2. The number of ether oxygens (including phenoxy) is 3. The molecule has 0 N–H and O–H groups in total. The molecule has 0 aromatic carbocycles. The first-order chi connectivity index (χ1) is 7.50. The molecule has 0 saturated carbocycles. The predicted molar refractivity (Wildman–Crippen MR) is 58.0 cm³/mol. The molecule has 1 saturated heterocycles. The quantitative estimate of drug-likeness (QED) is 0.537. The molecule has 16 heavy (non-hydrogen) atoms. The van der Waals surface area contributed by atoms with Crippen LogP contribution in [0.3, 0.4) is 0 Å². The number of Topliss-reactive ketones (excluding diaryl/α,β-unsaturated/α-hetero) is 1. The van der Waals surface area contributed by atoms with Gasteiger partial charge in [0.1, 0.15) is 6.10 Å². The maximum atomic E-state index is 12.2. The van der Waals surface area contributed by atoms with E-state index in [1.807, 2.05) is 26.0 Å². The van der Waals surface area contributed by atoms with Crippen LogP contribution in [0.15, 0.2) is 12.2 Å². The van der Waals surface area contributed by atoms with Crippen molar-refractivity contribution in [2.45, 2.75) is 37.8 Å². The number of methoxy groups -OCH3 is 2. The van der Waals surface area contributed by atoms with Gasteiger partial charge >= 0.3 is 0 Å². The highest BCUT2D eigenvalue weighted by atomic mass is 16.7. The van der Waals surface area contributed by atoms with Gasteiger partial charge in [-0.1, -0.05) is 26.0 Å². The largest absolute Gasteiger partial charge is 0.357 e. The summed E-state index contributed by atoms with van der Waals surface area (Å²) in [4.78, 5) is 12.2. The van der Waals surface area contributed by atoms with E-state index in [1.165, 1.54) is 14.2 Å². The summed E-state index contributed by atoms with van der Waals surface area (Å²) in [6.07, 6.45) is 3.71. The van der Waals surface area contributed by atoms with Crippen molar-refractivity contribution in [1.29, 1.82) is 0 Å². The fourth-order valence-electron chi connectivity index (χ4n) is 2.48. The molecule has 0 aromatic rings. The van der Waals surface area contributed by atoms with Gasteiger partial charge in [0, 0.05) is 20.6 Å². The summed E-state index contributed by atoms with van der Waals surface area (Å²) >= 11 is 0. The zero-order chi connectivity index (χ0) is 12.0. The third-order valence-corrected chi connectivity index (χ3v) is 3.68. The van der Waals surface area contributed by atoms with Crippen LogP contribution in [0.4, 0.5) is 0 Å². The van der Waals surface area contributed by atoms with Gasteiger partial charge in [-0.25, -0.2) is 0 Å². The Balaban J connectivity index is 2.36. The monoisotopic (exact) mass is 226 g/mol. The first-order valence-electron chi connectivity index (χ1n) is 5.51. The Morgan fingerprint density at radius 1 is 1.44 bits per heavy atom. The lowest BCUT2D eigenvalue weighted by Gasteiger charge is -2.44. The molecule has 0 aromatic heterocycles. The van der Waals surface area contributed by atoms with Crippen molar-refractivity contribution < 1.29 is 19.0 Å². The van der Waals surface area contributed by atoms with E-state index in [1.54, 1.807) is 0 Å². The van der Waals surface area contributed by atoms with Gasteiger partial charge in [0.2, 0.25) is 0 Å². The van der Waals surface area contributed by atoms with Gasteiger partial charge in [0.05, 0.1) is 5.60 Å². The molecule has 2 heterocycles. The summed E-state index contributed by atoms with van der Waals surface area (Å²) < 4.78 is 16.4. The van der Waals surface area contributed by atoms with Crippen LogP contribution in [0.5, 0.6) is 0 Å². The van der Waals surface area contributed by atoms with Crippen LogP contribution in [0.1, 0.15) is 20.3 Å². The molecule has 2 aliphatic heterocycles. The normalized spacial score (nSPS) is 36.1. The second-order valence-electron chi connectivity index (χ2n) is 4.68. The number of ketones is 1. The van der Waals surface area contributed by atoms with Crippen molar-refractivity contribution in [2.24, 2.45) is 5.92 Å². The average Bonchev–Trinajstić information content (AvgIpc) is 2.62. The minimum Gasteiger partial charge on any atom is -0.357 e. The molecule has 0 spiro atoms. The van der Waals surface area contributed by atoms with Crippen molar-refractivity contribution in [3.63, 3.8) is 0 Å². The van der Waals surface area contributed by atoms with Crippen LogP contribution in [0, 0.1) is 5.92 Å². The molecule has 2 atom stereocenters. The van der Waals surface area contributed by atoms with Crippen LogP contribution in [-0.4, -0.2) is 37.5 Å². The maximum absolute atomic E-state index is 12.2. The molecule has 90 valence electrons. The van der Waals surface area contributed by atoms with Crippen molar-refractivity contribution in [3.8, 4) is 0 Å². The lowest BCUT2D eigenvalue weighted by atomic mass is 9.83. The van der Waals surface area contributed by atoms with Crippen LogP contribution in [-0.2, 0) is 19.0 Å². The molecular weight excluding hydrogens is 208 g/mol. The summed E-state index contributed by atoms with van der Waals surface area (Å²) in [5.74, 6) is -1.05. The summed E-state index contributed by atoms with van der Waals surface area (Å²) in [7, 11) is 2.94. The van der Waals surface area contributed by atoms with Crippen LogP contribution >= 0.6 is 0 Å². The summed E-state index contributed by atoms with van der Waals surface area (Å²) in [5, 5.41) is 0. The Hall–Kier alpha value is -0.710. The van der Waals surface area contributed by atoms with E-state index in [0.717, 1.165) is 0 Å². The number of hydrogen-bond donors (Lipinski definition) is 0. The Morgan fingerprint density at radius 2 is 2.06 bits per heavy atom. The van der Waals surface area contributed by atoms with Crippen molar-refractivity contribution >= 4 is 5.78 Å². The fraction of sp³-hybridized carbons (Fsp3) is 0.750. The van der Waals surface area contributed by atoms with Crippen LogP contribution in [0.25, 0.3) is 0 Å². The predicted octanol–water partition coefficient (Wildman–Crippen LogP) is 1.30. The Morgan fingerprint density at radius 3 is 2.56 bits per heavy atom. The Bertz CT molecular complexity index is 330. The highest BCUT2D eigenvalue weighted by Gasteiger charge is 2.59. The summed E-state index contributed by atoms with van der Waals surface area (Å²) in [6, 6.07) is 0. The Labute approximate surface area is 95.6 Å². The molecule has 1 fully saturated rings. The molecule has 4 nitrogen and oxygen atoms in total. The van der Waals surface area contributed by atoms with E-state index in [2.05, 4.69) is 0 Å². The van der Waals surface area contributed by atoms with Gasteiger partial charge < -0.3 is 14.2 Å². The van der Waals surface area contributed by atoms with E-state index >= 15 is 0 Å². The van der Waals surface area contributed by atoms with Gasteiger partial charge in [0.15, 0.2) is 5.78 Å². The van der Waals surface area contributed by atoms with Gasteiger partial charge in [-0.15, -0.1) is 0 Å². The standard InChI is InChI=1S/C12H18O4/c1-8(2)11-6-5-10(16-11)12(14-3,15-4)9(13)7-11/h5-6,8,10H,7H2,1-4H3/t10-,11+/m1/s1. The summed E-state index contributed by atoms with van der Waals surface area (Å²) in [6.45, 7) is 4.10. The fourth-order valence-corrected chi connectivity index (χ4v) is 2.48. The topological polar surface area (TPSA) is 44.8 Å². The first kappa shape index (κ1) is 11.8. The van der Waals surface area contributed by atoms with E-state index in [9.17, 15) is 4.79 Å². The zero-order valence-electron chi connectivity index (χ0n) is 10.1. The minimum absolute atomic E-state index is 0.0487. The molecule has 2 aliphatic rings. The van der Waals surface area contributed by atoms with Gasteiger partial charge in [0.25, 0.3) is 5.79 Å². The highest BCUT2D eigenvalue weighted by molar-refractivity contribution is 5.89. The second-order valence-corrected chi connectivity index (χ2v) is 4.68. The number of carbonyl (C=O) groups is 1.